The van der Waals surface area contributed by atoms with E-state index in [1.165, 1.54) is 11.8 Å². The number of esters is 1. The van der Waals surface area contributed by atoms with Crippen molar-refractivity contribution in [1.82, 2.24) is 20.2 Å². The summed E-state index contributed by atoms with van der Waals surface area (Å²) in [7, 11) is 1.32. The van der Waals surface area contributed by atoms with E-state index >= 15 is 0 Å². The summed E-state index contributed by atoms with van der Waals surface area (Å²) in [5.41, 5.74) is 2.99. The lowest BCUT2D eigenvalue weighted by atomic mass is 9.93. The monoisotopic (exact) mass is 392 g/mol. The fourth-order valence-electron chi connectivity index (χ4n) is 3.08. The zero-order chi connectivity index (χ0) is 19.7. The van der Waals surface area contributed by atoms with Crippen molar-refractivity contribution in [3.63, 3.8) is 0 Å². The number of anilines is 1. The lowest BCUT2D eigenvalue weighted by Gasteiger charge is -2.26. The molecule has 1 N–H and O–H groups in total. The summed E-state index contributed by atoms with van der Waals surface area (Å²) in [6, 6.07) is 15.7. The van der Waals surface area contributed by atoms with Crippen LogP contribution in [0.15, 0.2) is 54.1 Å². The van der Waals surface area contributed by atoms with Crippen LogP contribution in [0.25, 0.3) is 5.70 Å². The molecule has 0 aliphatic carbocycles. The molecule has 9 heteroatoms. The molecule has 0 saturated heterocycles. The smallest absolute Gasteiger partial charge is 0.337 e. The number of tetrazole rings is 1. The molecule has 0 amide bonds. The van der Waals surface area contributed by atoms with E-state index in [1.807, 2.05) is 12.1 Å². The van der Waals surface area contributed by atoms with Crippen molar-refractivity contribution in [1.29, 1.82) is 5.26 Å². The largest absolute Gasteiger partial charge is 0.465 e. The molecule has 0 radical (unpaired) electrons. The first-order valence-electron chi connectivity index (χ1n) is 8.25. The number of ether oxygens (including phenoxy) is 1. The van der Waals surface area contributed by atoms with E-state index in [0.717, 1.165) is 11.1 Å². The van der Waals surface area contributed by atoms with Crippen molar-refractivity contribution >= 4 is 29.2 Å². The van der Waals surface area contributed by atoms with Gasteiger partial charge in [0, 0.05) is 5.02 Å². The zero-order valence-electron chi connectivity index (χ0n) is 14.6. The van der Waals surface area contributed by atoms with Gasteiger partial charge in [-0.05, 0) is 45.8 Å². The third-order valence-electron chi connectivity index (χ3n) is 4.42. The molecule has 2 aromatic carbocycles. The molecule has 1 atom stereocenters. The zero-order valence-corrected chi connectivity index (χ0v) is 15.4. The molecular formula is C19H13ClN6O2. The Bertz CT molecular complexity index is 1110. The number of nitriles is 1. The molecule has 4 rings (SSSR count). The van der Waals surface area contributed by atoms with Gasteiger partial charge in [-0.2, -0.15) is 9.94 Å². The van der Waals surface area contributed by atoms with Gasteiger partial charge >= 0.3 is 5.97 Å². The number of nitrogens with zero attached hydrogens (tertiary/aromatic N) is 5. The summed E-state index contributed by atoms with van der Waals surface area (Å²) in [5.74, 6) is -0.0242. The second-order valence-corrected chi connectivity index (χ2v) is 6.43. The third kappa shape index (κ3) is 2.98. The molecule has 28 heavy (non-hydrogen) atoms. The normalized spacial score (nSPS) is 15.4. The highest BCUT2D eigenvalue weighted by atomic mass is 35.5. The van der Waals surface area contributed by atoms with Crippen LogP contribution in [0, 0.1) is 11.3 Å². The van der Waals surface area contributed by atoms with Crippen molar-refractivity contribution in [3.05, 3.63) is 75.8 Å². The number of halogens is 1. The van der Waals surface area contributed by atoms with Crippen LogP contribution in [-0.4, -0.2) is 33.3 Å². The molecule has 0 spiro atoms. The van der Waals surface area contributed by atoms with Crippen LogP contribution >= 0.6 is 11.6 Å². The molecule has 2 heterocycles. The SMILES string of the molecule is COC(=O)c1ccc(C2C(C#N)=C(c3ccc(Cl)cc3)Nc3nnnn32)cc1. The van der Waals surface area contributed by atoms with Crippen molar-refractivity contribution in [2.45, 2.75) is 6.04 Å². The van der Waals surface area contributed by atoms with Crippen LogP contribution in [-0.2, 0) is 4.74 Å². The van der Waals surface area contributed by atoms with Crippen LogP contribution < -0.4 is 5.32 Å². The van der Waals surface area contributed by atoms with E-state index in [0.29, 0.717) is 27.8 Å². The molecule has 8 nitrogen and oxygen atoms in total. The standard InChI is InChI=1S/C19H13ClN6O2/c1-28-18(27)13-4-2-12(3-5-13)17-15(10-21)16(11-6-8-14(20)9-7-11)22-19-23-24-25-26(17)19/h2-9,17H,1H3,(H,22,23,25). The molecule has 1 aromatic heterocycles. The number of nitrogens with one attached hydrogen (secondary N) is 1. The van der Waals surface area contributed by atoms with Crippen molar-refractivity contribution in [3.8, 4) is 6.07 Å². The summed E-state index contributed by atoms with van der Waals surface area (Å²) in [5, 5.41) is 25.4. The molecule has 0 fully saturated rings. The lowest BCUT2D eigenvalue weighted by Crippen LogP contribution is -2.24. The maximum Gasteiger partial charge on any atom is 0.337 e. The number of carbonyl (C=O) groups excluding carboxylic acids is 1. The van der Waals surface area contributed by atoms with Gasteiger partial charge in [0.2, 0.25) is 5.95 Å². The highest BCUT2D eigenvalue weighted by molar-refractivity contribution is 6.30. The number of rotatable bonds is 3. The summed E-state index contributed by atoms with van der Waals surface area (Å²) >= 11 is 5.99. The average Bonchev–Trinajstić information content (AvgIpc) is 3.20. The highest BCUT2D eigenvalue weighted by Crippen LogP contribution is 2.37. The minimum absolute atomic E-state index is 0.408. The molecule has 138 valence electrons. The number of methoxy groups -OCH3 is 1. The number of fused-ring (bicyclic) bond motifs is 1. The van der Waals surface area contributed by atoms with Gasteiger partial charge in [0.15, 0.2) is 0 Å². The predicted octanol–water partition coefficient (Wildman–Crippen LogP) is 3.06. The van der Waals surface area contributed by atoms with Crippen molar-refractivity contribution in [2.75, 3.05) is 12.4 Å². The van der Waals surface area contributed by atoms with Gasteiger partial charge in [0.1, 0.15) is 6.04 Å². The fraction of sp³-hybridized carbons (Fsp3) is 0.105. The van der Waals surface area contributed by atoms with E-state index in [-0.39, 0.29) is 0 Å². The summed E-state index contributed by atoms with van der Waals surface area (Å²) < 4.78 is 6.27. The number of benzene rings is 2. The summed E-state index contributed by atoms with van der Waals surface area (Å²) in [6.07, 6.45) is 0. The van der Waals surface area contributed by atoms with E-state index in [2.05, 4.69) is 26.9 Å². The predicted molar refractivity (Wildman–Crippen MR) is 101 cm³/mol. The van der Waals surface area contributed by atoms with E-state index in [1.54, 1.807) is 36.4 Å². The number of allylic oxidation sites excluding steroid dienone is 1. The Morgan fingerprint density at radius 2 is 1.93 bits per heavy atom. The second-order valence-electron chi connectivity index (χ2n) is 6.00. The molecule has 3 aromatic rings. The topological polar surface area (TPSA) is 106 Å². The fourth-order valence-corrected chi connectivity index (χ4v) is 3.20. The van der Waals surface area contributed by atoms with E-state index in [9.17, 15) is 10.1 Å². The molecule has 1 unspecified atom stereocenters. The maximum absolute atomic E-state index is 11.7. The van der Waals surface area contributed by atoms with Crippen LogP contribution in [0.2, 0.25) is 5.02 Å². The van der Waals surface area contributed by atoms with Crippen molar-refractivity contribution < 1.29 is 9.53 Å². The van der Waals surface area contributed by atoms with Crippen LogP contribution in [0.5, 0.6) is 0 Å². The molecule has 1 aliphatic rings. The van der Waals surface area contributed by atoms with Gasteiger partial charge in [-0.15, -0.1) is 0 Å². The maximum atomic E-state index is 11.7. The first-order valence-corrected chi connectivity index (χ1v) is 8.63. The second kappa shape index (κ2) is 7.13. The Morgan fingerprint density at radius 1 is 1.21 bits per heavy atom. The Hall–Kier alpha value is -3.70. The molecular weight excluding hydrogens is 380 g/mol. The number of hydrogen-bond donors (Lipinski definition) is 1. The summed E-state index contributed by atoms with van der Waals surface area (Å²) in [6.45, 7) is 0. The van der Waals surface area contributed by atoms with Gasteiger partial charge in [0.25, 0.3) is 0 Å². The Kier molecular flexibility index (Phi) is 4.51. The average molecular weight is 393 g/mol. The highest BCUT2D eigenvalue weighted by Gasteiger charge is 2.32. The van der Waals surface area contributed by atoms with Gasteiger partial charge in [-0.25, -0.2) is 4.79 Å². The Morgan fingerprint density at radius 3 is 2.57 bits per heavy atom. The van der Waals surface area contributed by atoms with Gasteiger partial charge in [0.05, 0.1) is 30.0 Å². The Labute approximate surface area is 165 Å². The quantitative estimate of drug-likeness (QED) is 0.682. The first-order chi connectivity index (χ1) is 13.6. The first kappa shape index (κ1) is 17.7. The van der Waals surface area contributed by atoms with Gasteiger partial charge < -0.3 is 10.1 Å². The summed E-state index contributed by atoms with van der Waals surface area (Å²) in [4.78, 5) is 11.7. The van der Waals surface area contributed by atoms with E-state index < -0.39 is 12.0 Å². The van der Waals surface area contributed by atoms with Crippen LogP contribution in [0.4, 0.5) is 5.95 Å². The lowest BCUT2D eigenvalue weighted by molar-refractivity contribution is 0.0600. The van der Waals surface area contributed by atoms with Gasteiger partial charge in [-0.3, -0.25) is 0 Å². The van der Waals surface area contributed by atoms with E-state index in [4.69, 9.17) is 16.3 Å². The van der Waals surface area contributed by atoms with Gasteiger partial charge in [-0.1, -0.05) is 41.0 Å². The minimum atomic E-state index is -0.548. The van der Waals surface area contributed by atoms with Crippen LogP contribution in [0.1, 0.15) is 27.5 Å². The van der Waals surface area contributed by atoms with Crippen LogP contribution in [0.3, 0.4) is 0 Å². The minimum Gasteiger partial charge on any atom is -0.465 e. The number of carbonyl (C=O) groups is 1. The molecule has 0 saturated carbocycles. The molecule has 0 bridgehead atoms. The third-order valence-corrected chi connectivity index (χ3v) is 4.67. The van der Waals surface area contributed by atoms with Crippen molar-refractivity contribution in [2.24, 2.45) is 0 Å². The number of aromatic nitrogens is 4. The Balaban J connectivity index is 1.85. The number of hydrogen-bond acceptors (Lipinski definition) is 7. The molecule has 1 aliphatic heterocycles.